The van der Waals surface area contributed by atoms with E-state index in [1.807, 2.05) is 0 Å². The van der Waals surface area contributed by atoms with Gasteiger partial charge in [0.05, 0.1) is 6.61 Å². The third-order valence-corrected chi connectivity index (χ3v) is 1.72. The maximum Gasteiger partial charge on any atom is 0.573 e. The first kappa shape index (κ1) is 11.6. The lowest BCUT2D eigenvalue weighted by Gasteiger charge is -2.12. The molecule has 1 aromatic rings. The molecule has 0 heterocycles. The Bertz CT molecular complexity index is 358. The molecule has 0 aromatic heterocycles. The lowest BCUT2D eigenvalue weighted by atomic mass is 10.1. The zero-order chi connectivity index (χ0) is 11.5. The number of aliphatic hydroxyl groups is 1. The molecule has 0 aliphatic rings. The van der Waals surface area contributed by atoms with Gasteiger partial charge in [0.15, 0.2) is 0 Å². The van der Waals surface area contributed by atoms with Crippen molar-refractivity contribution in [3.05, 3.63) is 35.9 Å². The van der Waals surface area contributed by atoms with E-state index in [4.69, 9.17) is 5.11 Å². The van der Waals surface area contributed by atoms with Crippen molar-refractivity contribution in [1.82, 2.24) is 0 Å². The van der Waals surface area contributed by atoms with Crippen LogP contribution in [0.4, 0.5) is 13.2 Å². The Labute approximate surface area is 84.6 Å². The number of ether oxygens (including phenoxy) is 1. The van der Waals surface area contributed by atoms with Crippen molar-refractivity contribution in [1.29, 1.82) is 0 Å². The summed E-state index contributed by atoms with van der Waals surface area (Å²) in [6, 6.07) is 3.96. The molecule has 0 amide bonds. The molecular formula is C10H9F3O2. The number of rotatable bonds is 3. The minimum absolute atomic E-state index is 0.0738. The summed E-state index contributed by atoms with van der Waals surface area (Å²) in [7, 11) is 0. The first-order chi connectivity index (χ1) is 6.96. The van der Waals surface area contributed by atoms with Crippen molar-refractivity contribution >= 4 is 6.08 Å². The summed E-state index contributed by atoms with van der Waals surface area (Å²) in [5.41, 5.74) is 0.693. The molecule has 1 rings (SSSR count). The number of aliphatic hydroxyl groups excluding tert-OH is 1. The Morgan fingerprint density at radius 3 is 2.53 bits per heavy atom. The van der Waals surface area contributed by atoms with Crippen LogP contribution in [0.15, 0.2) is 24.8 Å². The number of hydrogen-bond acceptors (Lipinski definition) is 2. The van der Waals surface area contributed by atoms with Crippen molar-refractivity contribution in [3.8, 4) is 5.75 Å². The van der Waals surface area contributed by atoms with Gasteiger partial charge in [-0.1, -0.05) is 18.7 Å². The highest BCUT2D eigenvalue weighted by atomic mass is 19.4. The largest absolute Gasteiger partial charge is 0.573 e. The number of benzene rings is 1. The molecule has 0 fully saturated rings. The van der Waals surface area contributed by atoms with Crippen LogP contribution < -0.4 is 4.74 Å². The molecule has 0 saturated heterocycles. The summed E-state index contributed by atoms with van der Waals surface area (Å²) < 4.78 is 39.5. The highest BCUT2D eigenvalue weighted by molar-refractivity contribution is 5.51. The SMILES string of the molecule is C=Cc1ccc(OC(F)(F)F)c(CO)c1. The highest BCUT2D eigenvalue weighted by Crippen LogP contribution is 2.27. The second-order valence-corrected chi connectivity index (χ2v) is 2.78. The Morgan fingerprint density at radius 2 is 2.07 bits per heavy atom. The second kappa shape index (κ2) is 4.35. The molecule has 0 radical (unpaired) electrons. The van der Waals surface area contributed by atoms with E-state index in [2.05, 4.69) is 11.3 Å². The molecule has 0 aliphatic heterocycles. The monoisotopic (exact) mass is 218 g/mol. The quantitative estimate of drug-likeness (QED) is 0.845. The van der Waals surface area contributed by atoms with Gasteiger partial charge in [0, 0.05) is 5.56 Å². The average molecular weight is 218 g/mol. The molecular weight excluding hydrogens is 209 g/mol. The van der Waals surface area contributed by atoms with E-state index >= 15 is 0 Å². The van der Waals surface area contributed by atoms with Crippen LogP contribution in [0.3, 0.4) is 0 Å². The molecule has 0 spiro atoms. The highest BCUT2D eigenvalue weighted by Gasteiger charge is 2.31. The van der Waals surface area contributed by atoms with Gasteiger partial charge in [-0.2, -0.15) is 0 Å². The van der Waals surface area contributed by atoms with Crippen molar-refractivity contribution in [2.24, 2.45) is 0 Å². The van der Waals surface area contributed by atoms with Gasteiger partial charge < -0.3 is 9.84 Å². The standard InChI is InChI=1S/C10H9F3O2/c1-2-7-3-4-9(8(5-7)6-14)15-10(11,12)13/h2-5,14H,1,6H2. The zero-order valence-corrected chi connectivity index (χ0v) is 7.71. The fraction of sp³-hybridized carbons (Fsp3) is 0.200. The fourth-order valence-electron chi connectivity index (χ4n) is 1.07. The van der Waals surface area contributed by atoms with E-state index in [0.717, 1.165) is 6.07 Å². The lowest BCUT2D eigenvalue weighted by Crippen LogP contribution is -2.18. The van der Waals surface area contributed by atoms with Crippen LogP contribution in [0.1, 0.15) is 11.1 Å². The smallest absolute Gasteiger partial charge is 0.405 e. The fourth-order valence-corrected chi connectivity index (χ4v) is 1.07. The van der Waals surface area contributed by atoms with E-state index in [-0.39, 0.29) is 5.56 Å². The molecule has 0 unspecified atom stereocenters. The van der Waals surface area contributed by atoms with Gasteiger partial charge in [-0.3, -0.25) is 0 Å². The van der Waals surface area contributed by atoms with Gasteiger partial charge in [-0.05, 0) is 17.7 Å². The molecule has 1 N–H and O–H groups in total. The normalized spacial score (nSPS) is 11.2. The summed E-state index contributed by atoms with van der Waals surface area (Å²) in [4.78, 5) is 0. The van der Waals surface area contributed by atoms with Crippen LogP contribution in [0, 0.1) is 0 Å². The van der Waals surface area contributed by atoms with E-state index in [1.165, 1.54) is 18.2 Å². The molecule has 15 heavy (non-hydrogen) atoms. The number of hydrogen-bond donors (Lipinski definition) is 1. The lowest BCUT2D eigenvalue weighted by molar-refractivity contribution is -0.275. The summed E-state index contributed by atoms with van der Waals surface area (Å²) in [6.07, 6.45) is -3.28. The minimum atomic E-state index is -4.75. The Morgan fingerprint density at radius 1 is 1.40 bits per heavy atom. The van der Waals surface area contributed by atoms with Crippen molar-refractivity contribution in [2.75, 3.05) is 0 Å². The van der Waals surface area contributed by atoms with Gasteiger partial charge in [-0.15, -0.1) is 13.2 Å². The van der Waals surface area contributed by atoms with E-state index in [0.29, 0.717) is 5.56 Å². The molecule has 82 valence electrons. The van der Waals surface area contributed by atoms with E-state index in [9.17, 15) is 13.2 Å². The van der Waals surface area contributed by atoms with Crippen LogP contribution >= 0.6 is 0 Å². The van der Waals surface area contributed by atoms with E-state index in [1.54, 1.807) is 0 Å². The van der Waals surface area contributed by atoms with Gasteiger partial charge in [-0.25, -0.2) is 0 Å². The van der Waals surface area contributed by atoms with Gasteiger partial charge in [0.25, 0.3) is 0 Å². The summed E-state index contributed by atoms with van der Waals surface area (Å²) in [5.74, 6) is -0.393. The summed E-state index contributed by atoms with van der Waals surface area (Å²) >= 11 is 0. The molecule has 1 aromatic carbocycles. The van der Waals surface area contributed by atoms with Gasteiger partial charge in [0.1, 0.15) is 5.75 Å². The van der Waals surface area contributed by atoms with E-state index < -0.39 is 18.7 Å². The predicted octanol–water partition coefficient (Wildman–Crippen LogP) is 2.72. The van der Waals surface area contributed by atoms with Crippen molar-refractivity contribution in [2.45, 2.75) is 13.0 Å². The third-order valence-electron chi connectivity index (χ3n) is 1.72. The summed E-state index contributed by atoms with van der Waals surface area (Å²) in [5, 5.41) is 8.85. The minimum Gasteiger partial charge on any atom is -0.405 e. The first-order valence-corrected chi connectivity index (χ1v) is 4.08. The maximum atomic E-state index is 11.9. The van der Waals surface area contributed by atoms with Gasteiger partial charge >= 0.3 is 6.36 Å². The zero-order valence-electron chi connectivity index (χ0n) is 7.71. The predicted molar refractivity (Wildman–Crippen MR) is 49.1 cm³/mol. The molecule has 2 nitrogen and oxygen atoms in total. The number of alkyl halides is 3. The number of halogens is 3. The van der Waals surface area contributed by atoms with Gasteiger partial charge in [0.2, 0.25) is 0 Å². The topological polar surface area (TPSA) is 29.5 Å². The van der Waals surface area contributed by atoms with Crippen LogP contribution in [0.5, 0.6) is 5.75 Å². The molecule has 0 atom stereocenters. The average Bonchev–Trinajstić information content (AvgIpc) is 2.16. The van der Waals surface area contributed by atoms with Crippen LogP contribution in [0.2, 0.25) is 0 Å². The van der Waals surface area contributed by atoms with Crippen LogP contribution in [-0.2, 0) is 6.61 Å². The Hall–Kier alpha value is -1.49. The van der Waals surface area contributed by atoms with Crippen LogP contribution in [-0.4, -0.2) is 11.5 Å². The maximum absolute atomic E-state index is 11.9. The molecule has 0 bridgehead atoms. The third kappa shape index (κ3) is 3.28. The molecule has 0 aliphatic carbocycles. The van der Waals surface area contributed by atoms with Crippen molar-refractivity contribution in [3.63, 3.8) is 0 Å². The van der Waals surface area contributed by atoms with Crippen molar-refractivity contribution < 1.29 is 23.0 Å². The molecule has 0 saturated carbocycles. The summed E-state index contributed by atoms with van der Waals surface area (Å²) in [6.45, 7) is 2.95. The second-order valence-electron chi connectivity index (χ2n) is 2.78. The Kier molecular flexibility index (Phi) is 3.36. The first-order valence-electron chi connectivity index (χ1n) is 4.08. The Balaban J connectivity index is 3.02. The van der Waals surface area contributed by atoms with Crippen LogP contribution in [0.25, 0.3) is 6.08 Å². The molecule has 5 heteroatoms.